The molecule has 4 aliphatic carbocycles. The Morgan fingerprint density at radius 2 is 1.95 bits per heavy atom. The number of aliphatic hydroxyl groups excluding tert-OH is 1. The first-order valence-corrected chi connectivity index (χ1v) is 8.94. The first kappa shape index (κ1) is 14.1. The molecule has 0 aromatic carbocycles. The second kappa shape index (κ2) is 4.25. The van der Waals surface area contributed by atoms with Crippen LogP contribution in [0.5, 0.6) is 0 Å². The zero-order chi connectivity index (χ0) is 15.0. The number of aliphatic hydroxyl groups is 1. The van der Waals surface area contributed by atoms with Crippen LogP contribution < -0.4 is 0 Å². The van der Waals surface area contributed by atoms with Crippen molar-refractivity contribution in [2.45, 2.75) is 65.9 Å². The van der Waals surface area contributed by atoms with Gasteiger partial charge in [0.05, 0.1) is 6.10 Å². The molecule has 0 spiro atoms. The number of hydrogen-bond acceptors (Lipinski definition) is 1. The van der Waals surface area contributed by atoms with Crippen LogP contribution in [0.4, 0.5) is 0 Å². The number of rotatable bonds is 0. The van der Waals surface area contributed by atoms with Gasteiger partial charge in [-0.3, -0.25) is 0 Å². The van der Waals surface area contributed by atoms with Crippen molar-refractivity contribution < 1.29 is 5.11 Å². The fraction of sp³-hybridized carbons (Fsp3) is 0.800. The Bertz CT molecular complexity index is 530. The minimum atomic E-state index is -0.116. The van der Waals surface area contributed by atoms with Crippen LogP contribution in [0.2, 0.25) is 0 Å². The summed E-state index contributed by atoms with van der Waals surface area (Å²) in [6, 6.07) is 0. The summed E-state index contributed by atoms with van der Waals surface area (Å²) in [7, 11) is 0. The third kappa shape index (κ3) is 1.57. The lowest BCUT2D eigenvalue weighted by molar-refractivity contribution is -0.161. The highest BCUT2D eigenvalue weighted by atomic mass is 16.3. The summed E-state index contributed by atoms with van der Waals surface area (Å²) in [6.07, 6.45) is 10.9. The van der Waals surface area contributed by atoms with Crippen molar-refractivity contribution in [3.05, 3.63) is 23.3 Å². The average Bonchev–Trinajstić information content (AvgIpc) is 2.75. The zero-order valence-electron chi connectivity index (χ0n) is 14.0. The van der Waals surface area contributed by atoms with Gasteiger partial charge in [-0.1, -0.05) is 44.9 Å². The molecule has 0 amide bonds. The van der Waals surface area contributed by atoms with Crippen LogP contribution in [-0.4, -0.2) is 11.2 Å². The first-order chi connectivity index (χ1) is 9.89. The normalized spacial score (nSPS) is 55.4. The largest absolute Gasteiger partial charge is 0.393 e. The number of allylic oxidation sites excluding steroid dienone is 4. The molecule has 0 heterocycles. The van der Waals surface area contributed by atoms with Crippen molar-refractivity contribution in [1.82, 2.24) is 0 Å². The molecule has 0 saturated heterocycles. The van der Waals surface area contributed by atoms with Gasteiger partial charge in [-0.25, -0.2) is 0 Å². The van der Waals surface area contributed by atoms with E-state index in [2.05, 4.69) is 39.8 Å². The van der Waals surface area contributed by atoms with Crippen molar-refractivity contribution in [2.24, 2.45) is 34.5 Å². The maximum atomic E-state index is 10.9. The smallest absolute Gasteiger partial charge is 0.0605 e. The highest BCUT2D eigenvalue weighted by molar-refractivity contribution is 5.42. The Morgan fingerprint density at radius 3 is 2.71 bits per heavy atom. The van der Waals surface area contributed by atoms with Gasteiger partial charge in [0.2, 0.25) is 0 Å². The third-order valence-electron chi connectivity index (χ3n) is 8.09. The first-order valence-electron chi connectivity index (χ1n) is 8.94. The van der Waals surface area contributed by atoms with Gasteiger partial charge in [0.15, 0.2) is 0 Å². The molecule has 0 unspecified atom stereocenters. The quantitative estimate of drug-likeness (QED) is 0.683. The van der Waals surface area contributed by atoms with Crippen LogP contribution in [0, 0.1) is 34.5 Å². The molecule has 1 N–H and O–H groups in total. The van der Waals surface area contributed by atoms with E-state index >= 15 is 0 Å². The molecule has 116 valence electrons. The van der Waals surface area contributed by atoms with Gasteiger partial charge in [0.25, 0.3) is 0 Å². The lowest BCUT2D eigenvalue weighted by atomic mass is 9.42. The molecule has 4 aliphatic rings. The highest BCUT2D eigenvalue weighted by Crippen LogP contribution is 2.69. The van der Waals surface area contributed by atoms with E-state index in [0.717, 1.165) is 24.7 Å². The van der Waals surface area contributed by atoms with E-state index in [4.69, 9.17) is 0 Å². The average molecular weight is 286 g/mol. The van der Waals surface area contributed by atoms with Crippen molar-refractivity contribution in [1.29, 1.82) is 0 Å². The molecule has 1 nitrogen and oxygen atoms in total. The van der Waals surface area contributed by atoms with Crippen LogP contribution in [0.3, 0.4) is 0 Å². The minimum Gasteiger partial charge on any atom is -0.393 e. The third-order valence-corrected chi connectivity index (χ3v) is 8.09. The molecule has 0 bridgehead atoms. The molecule has 2 saturated carbocycles. The van der Waals surface area contributed by atoms with Gasteiger partial charge in [-0.2, -0.15) is 0 Å². The van der Waals surface area contributed by atoms with E-state index in [9.17, 15) is 5.11 Å². The van der Waals surface area contributed by atoms with Gasteiger partial charge in [-0.15, -0.1) is 0 Å². The summed E-state index contributed by atoms with van der Waals surface area (Å²) in [5.74, 6) is 2.92. The van der Waals surface area contributed by atoms with Crippen molar-refractivity contribution in [2.75, 3.05) is 0 Å². The highest BCUT2D eigenvalue weighted by Gasteiger charge is 2.64. The topological polar surface area (TPSA) is 20.2 Å². The lowest BCUT2D eigenvalue weighted by Gasteiger charge is -2.62. The van der Waals surface area contributed by atoms with Crippen LogP contribution in [0.25, 0.3) is 0 Å². The summed E-state index contributed by atoms with van der Waals surface area (Å²) >= 11 is 0. The Hall–Kier alpha value is -0.560. The summed E-state index contributed by atoms with van der Waals surface area (Å²) in [6.45, 7) is 9.72. The van der Waals surface area contributed by atoms with E-state index in [1.807, 2.05) is 0 Å². The molecule has 0 aromatic rings. The predicted molar refractivity (Wildman–Crippen MR) is 86.8 cm³/mol. The predicted octanol–water partition coefficient (Wildman–Crippen LogP) is 4.72. The fourth-order valence-electron chi connectivity index (χ4n) is 6.84. The van der Waals surface area contributed by atoms with Crippen LogP contribution in [-0.2, 0) is 0 Å². The van der Waals surface area contributed by atoms with Crippen molar-refractivity contribution in [3.63, 3.8) is 0 Å². The zero-order valence-corrected chi connectivity index (χ0v) is 14.0. The Morgan fingerprint density at radius 1 is 1.19 bits per heavy atom. The van der Waals surface area contributed by atoms with E-state index in [1.54, 1.807) is 5.57 Å². The molecule has 1 heteroatoms. The molecule has 0 aliphatic heterocycles. The molecule has 21 heavy (non-hydrogen) atoms. The van der Waals surface area contributed by atoms with Crippen molar-refractivity contribution >= 4 is 0 Å². The SMILES string of the molecule is CC1=CC[C@@H]2[C@@H](C)CC[C@@H]3C[C@@H](O)[C@@]4(C)CC=C1[C@H]4[C@]32C. The van der Waals surface area contributed by atoms with E-state index in [0.29, 0.717) is 17.3 Å². The van der Waals surface area contributed by atoms with E-state index in [1.165, 1.54) is 24.8 Å². The maximum absolute atomic E-state index is 10.9. The van der Waals surface area contributed by atoms with Gasteiger partial charge in [0.1, 0.15) is 0 Å². The molecule has 7 atom stereocenters. The van der Waals surface area contributed by atoms with E-state index in [-0.39, 0.29) is 11.5 Å². The molecule has 0 aromatic heterocycles. The summed E-state index contributed by atoms with van der Waals surface area (Å²) < 4.78 is 0. The van der Waals surface area contributed by atoms with Crippen molar-refractivity contribution in [3.8, 4) is 0 Å². The number of hydrogen-bond donors (Lipinski definition) is 1. The molecular formula is C20H30O. The Labute approximate surface area is 129 Å². The molecule has 2 fully saturated rings. The summed E-state index contributed by atoms with van der Waals surface area (Å²) in [5.41, 5.74) is 3.55. The van der Waals surface area contributed by atoms with E-state index < -0.39 is 0 Å². The van der Waals surface area contributed by atoms with Crippen LogP contribution in [0.1, 0.15) is 59.8 Å². The van der Waals surface area contributed by atoms with Gasteiger partial charge < -0.3 is 5.11 Å². The lowest BCUT2D eigenvalue weighted by Crippen LogP contribution is -2.59. The van der Waals surface area contributed by atoms with Gasteiger partial charge in [0, 0.05) is 5.41 Å². The Balaban J connectivity index is 1.92. The van der Waals surface area contributed by atoms with Crippen LogP contribution in [0.15, 0.2) is 23.3 Å². The fourth-order valence-corrected chi connectivity index (χ4v) is 6.84. The second-order valence-corrected chi connectivity index (χ2v) is 8.90. The monoisotopic (exact) mass is 286 g/mol. The summed E-state index contributed by atoms with van der Waals surface area (Å²) in [4.78, 5) is 0. The van der Waals surface area contributed by atoms with Gasteiger partial charge >= 0.3 is 0 Å². The molecular weight excluding hydrogens is 256 g/mol. The second-order valence-electron chi connectivity index (χ2n) is 8.90. The summed E-state index contributed by atoms with van der Waals surface area (Å²) in [5, 5.41) is 10.9. The minimum absolute atomic E-state index is 0.0787. The maximum Gasteiger partial charge on any atom is 0.0605 e. The Kier molecular flexibility index (Phi) is 2.85. The molecule has 0 radical (unpaired) electrons. The standard InChI is InChI=1S/C20H30O/c1-12-6-8-16-13(2)5-7-14-11-17(21)19(3)10-9-15(12)18(19)20(14,16)4/h6,9,13-14,16-18,21H,5,7-8,10-11H2,1-4H3/t13-,14+,16+,17+,18+,19+,20+/m0/s1. The van der Waals surface area contributed by atoms with Gasteiger partial charge in [-0.05, 0) is 67.3 Å². The van der Waals surface area contributed by atoms with Crippen LogP contribution >= 0.6 is 0 Å². The molecule has 4 rings (SSSR count).